The molecule has 0 aliphatic carbocycles. The minimum Gasteiger partial charge on any atom is -0.346 e. The maximum Gasteiger partial charge on any atom is 0.262 e. The first-order valence-corrected chi connectivity index (χ1v) is 11.7. The molecule has 1 atom stereocenters. The largest absolute Gasteiger partial charge is 0.346 e. The fourth-order valence-corrected chi connectivity index (χ4v) is 5.20. The number of imide groups is 2. The predicted molar refractivity (Wildman–Crippen MR) is 127 cm³/mol. The van der Waals surface area contributed by atoms with Gasteiger partial charge in [-0.25, -0.2) is 4.98 Å². The summed E-state index contributed by atoms with van der Waals surface area (Å²) in [5, 5.41) is 3.34. The molecule has 5 heterocycles. The number of hydrogen-bond donors (Lipinski definition) is 2. The molecule has 1 aromatic carbocycles. The van der Waals surface area contributed by atoms with E-state index in [1.165, 1.54) is 11.1 Å². The molecule has 176 valence electrons. The lowest BCUT2D eigenvalue weighted by molar-refractivity contribution is -0.136. The van der Waals surface area contributed by atoms with Crippen LogP contribution in [0.2, 0.25) is 0 Å². The van der Waals surface area contributed by atoms with Gasteiger partial charge >= 0.3 is 0 Å². The highest BCUT2D eigenvalue weighted by Crippen LogP contribution is 2.31. The Balaban J connectivity index is 1.17. The van der Waals surface area contributed by atoms with Gasteiger partial charge in [-0.3, -0.25) is 34.3 Å². The first-order valence-electron chi connectivity index (χ1n) is 11.7. The SMILES string of the molecule is O=C1CCC(N2C(=O)c3ccc(CN4CC=C(c5c[nH]c6ncccc56)CC4)cc3C2=O)C(=O)N1. The monoisotopic (exact) mass is 469 g/mol. The number of pyridine rings is 1. The Kier molecular flexibility index (Phi) is 5.07. The van der Waals surface area contributed by atoms with Crippen molar-refractivity contribution in [3.8, 4) is 0 Å². The van der Waals surface area contributed by atoms with E-state index in [-0.39, 0.29) is 18.7 Å². The molecule has 0 saturated carbocycles. The van der Waals surface area contributed by atoms with Crippen LogP contribution in [0.1, 0.15) is 51.1 Å². The third-order valence-corrected chi connectivity index (χ3v) is 7.00. The first-order chi connectivity index (χ1) is 17.0. The van der Waals surface area contributed by atoms with Gasteiger partial charge in [-0.1, -0.05) is 12.1 Å². The molecule has 0 radical (unpaired) electrons. The number of aromatic amines is 1. The van der Waals surface area contributed by atoms with Crippen LogP contribution in [0.5, 0.6) is 0 Å². The second-order valence-electron chi connectivity index (χ2n) is 9.14. The summed E-state index contributed by atoms with van der Waals surface area (Å²) in [5.41, 5.74) is 4.91. The van der Waals surface area contributed by atoms with Crippen molar-refractivity contribution in [2.75, 3.05) is 13.1 Å². The van der Waals surface area contributed by atoms with Crippen LogP contribution in [-0.4, -0.2) is 62.5 Å². The van der Waals surface area contributed by atoms with Crippen LogP contribution in [0.15, 0.2) is 48.8 Å². The highest BCUT2D eigenvalue weighted by Gasteiger charge is 2.44. The average molecular weight is 470 g/mol. The highest BCUT2D eigenvalue weighted by atomic mass is 16.2. The molecule has 0 spiro atoms. The molecule has 9 nitrogen and oxygen atoms in total. The van der Waals surface area contributed by atoms with E-state index in [4.69, 9.17) is 0 Å². The number of rotatable bonds is 4. The van der Waals surface area contributed by atoms with E-state index in [0.29, 0.717) is 17.7 Å². The van der Waals surface area contributed by atoms with Gasteiger partial charge in [0.1, 0.15) is 11.7 Å². The molecule has 3 aliphatic heterocycles. The number of amides is 4. The number of nitrogens with zero attached hydrogens (tertiary/aromatic N) is 3. The van der Waals surface area contributed by atoms with Crippen LogP contribution >= 0.6 is 0 Å². The van der Waals surface area contributed by atoms with Gasteiger partial charge in [0.25, 0.3) is 11.8 Å². The van der Waals surface area contributed by atoms with Gasteiger partial charge in [-0.15, -0.1) is 0 Å². The quantitative estimate of drug-likeness (QED) is 0.567. The summed E-state index contributed by atoms with van der Waals surface area (Å²) in [7, 11) is 0. The normalized spacial score (nSPS) is 20.9. The maximum atomic E-state index is 13.1. The van der Waals surface area contributed by atoms with Gasteiger partial charge in [-0.05, 0) is 48.2 Å². The number of aromatic nitrogens is 2. The van der Waals surface area contributed by atoms with Crippen molar-refractivity contribution in [1.29, 1.82) is 0 Å². The van der Waals surface area contributed by atoms with E-state index in [9.17, 15) is 19.2 Å². The standard InChI is InChI=1S/C26H23N5O4/c32-22-6-5-21(24(33)29-22)31-25(34)18-4-3-15(12-19(18)26(31)35)14-30-10-7-16(8-11-30)20-13-28-23-17(20)2-1-9-27-23/h1-4,7,9,12-13,21H,5-6,8,10-11,14H2,(H,27,28)(H,29,32,33). The van der Waals surface area contributed by atoms with Gasteiger partial charge in [-0.2, -0.15) is 0 Å². The minimum atomic E-state index is -0.950. The maximum absolute atomic E-state index is 13.1. The van der Waals surface area contributed by atoms with Crippen molar-refractivity contribution >= 4 is 40.2 Å². The number of fused-ring (bicyclic) bond motifs is 2. The second-order valence-corrected chi connectivity index (χ2v) is 9.14. The third-order valence-electron chi connectivity index (χ3n) is 7.00. The van der Waals surface area contributed by atoms with Crippen LogP contribution in [0.25, 0.3) is 16.6 Å². The number of piperidine rings is 1. The molecule has 3 aliphatic rings. The summed E-state index contributed by atoms with van der Waals surface area (Å²) < 4.78 is 0. The summed E-state index contributed by atoms with van der Waals surface area (Å²) in [5.74, 6) is -1.94. The summed E-state index contributed by atoms with van der Waals surface area (Å²) in [6, 6.07) is 8.35. The van der Waals surface area contributed by atoms with Gasteiger partial charge < -0.3 is 4.98 Å². The molecular weight excluding hydrogens is 446 g/mol. The first kappa shape index (κ1) is 21.4. The van der Waals surface area contributed by atoms with E-state index in [0.717, 1.165) is 41.0 Å². The zero-order chi connectivity index (χ0) is 24.1. The number of benzene rings is 1. The summed E-state index contributed by atoms with van der Waals surface area (Å²) in [6.07, 6.45) is 7.17. The van der Waals surface area contributed by atoms with Gasteiger partial charge in [0, 0.05) is 49.4 Å². The number of carbonyl (C=O) groups excluding carboxylic acids is 4. The molecule has 9 heteroatoms. The fraction of sp³-hybridized carbons (Fsp3) is 0.269. The Morgan fingerprint density at radius 2 is 1.86 bits per heavy atom. The van der Waals surface area contributed by atoms with E-state index in [1.807, 2.05) is 18.3 Å². The third kappa shape index (κ3) is 3.64. The Morgan fingerprint density at radius 1 is 1.00 bits per heavy atom. The summed E-state index contributed by atoms with van der Waals surface area (Å²) in [4.78, 5) is 60.6. The molecule has 4 amide bonds. The number of nitrogens with one attached hydrogen (secondary N) is 2. The zero-order valence-corrected chi connectivity index (χ0v) is 18.9. The summed E-state index contributed by atoms with van der Waals surface area (Å²) in [6.45, 7) is 2.28. The van der Waals surface area contributed by atoms with Gasteiger partial charge in [0.2, 0.25) is 11.8 Å². The van der Waals surface area contributed by atoms with Crippen LogP contribution in [0.3, 0.4) is 0 Å². The lowest BCUT2D eigenvalue weighted by atomic mass is 9.99. The van der Waals surface area contributed by atoms with Crippen LogP contribution in [0, 0.1) is 0 Å². The Hall–Kier alpha value is -4.11. The Morgan fingerprint density at radius 3 is 2.66 bits per heavy atom. The number of H-pyrrole nitrogens is 1. The van der Waals surface area contributed by atoms with Crippen molar-refractivity contribution in [3.63, 3.8) is 0 Å². The molecule has 6 rings (SSSR count). The molecule has 3 aromatic rings. The number of carbonyl (C=O) groups is 4. The van der Waals surface area contributed by atoms with Gasteiger partial charge in [0.15, 0.2) is 0 Å². The lowest BCUT2D eigenvalue weighted by Gasteiger charge is -2.27. The minimum absolute atomic E-state index is 0.106. The van der Waals surface area contributed by atoms with Crippen molar-refractivity contribution in [2.45, 2.75) is 31.8 Å². The summed E-state index contributed by atoms with van der Waals surface area (Å²) >= 11 is 0. The zero-order valence-electron chi connectivity index (χ0n) is 18.9. The molecular formula is C26H23N5O4. The predicted octanol–water partition coefficient (Wildman–Crippen LogP) is 2.25. The second kappa shape index (κ2) is 8.28. The molecule has 1 saturated heterocycles. The average Bonchev–Trinajstić information content (AvgIpc) is 3.39. The van der Waals surface area contributed by atoms with Crippen molar-refractivity contribution in [2.24, 2.45) is 0 Å². The van der Waals surface area contributed by atoms with Crippen LogP contribution in [-0.2, 0) is 16.1 Å². The molecule has 1 fully saturated rings. The molecule has 0 bridgehead atoms. The van der Waals surface area contributed by atoms with Crippen LogP contribution < -0.4 is 5.32 Å². The smallest absolute Gasteiger partial charge is 0.262 e. The lowest BCUT2D eigenvalue weighted by Crippen LogP contribution is -2.54. The highest BCUT2D eigenvalue weighted by molar-refractivity contribution is 6.23. The molecule has 2 N–H and O–H groups in total. The van der Waals surface area contributed by atoms with E-state index >= 15 is 0 Å². The van der Waals surface area contributed by atoms with Crippen molar-refractivity contribution in [1.82, 2.24) is 25.1 Å². The van der Waals surface area contributed by atoms with Crippen LogP contribution in [0.4, 0.5) is 0 Å². The van der Waals surface area contributed by atoms with E-state index < -0.39 is 23.8 Å². The van der Waals surface area contributed by atoms with Gasteiger partial charge in [0.05, 0.1) is 11.1 Å². The molecule has 2 aromatic heterocycles. The topological polar surface area (TPSA) is 115 Å². The van der Waals surface area contributed by atoms with Crippen molar-refractivity contribution < 1.29 is 19.2 Å². The molecule has 35 heavy (non-hydrogen) atoms. The van der Waals surface area contributed by atoms with E-state index in [1.54, 1.807) is 18.3 Å². The Bertz CT molecular complexity index is 1440. The number of hydrogen-bond acceptors (Lipinski definition) is 6. The Labute approximate surface area is 200 Å². The van der Waals surface area contributed by atoms with Crippen molar-refractivity contribution in [3.05, 3.63) is 71.1 Å². The fourth-order valence-electron chi connectivity index (χ4n) is 5.20. The van der Waals surface area contributed by atoms with E-state index in [2.05, 4.69) is 32.3 Å². The molecule has 1 unspecified atom stereocenters.